The monoisotopic (exact) mass is 428 g/mol. The Morgan fingerprint density at radius 2 is 1.63 bits per heavy atom. The van der Waals surface area contributed by atoms with Crippen LogP contribution in [0.4, 0.5) is 0 Å². The molecule has 5 unspecified atom stereocenters. The molecule has 0 rings (SSSR count). The van der Waals surface area contributed by atoms with Gasteiger partial charge in [0.1, 0.15) is 0 Å². The number of allylic oxidation sites excluding steroid dienone is 7. The van der Waals surface area contributed by atoms with Crippen molar-refractivity contribution in [2.75, 3.05) is 0 Å². The first-order chi connectivity index (χ1) is 13.2. The summed E-state index contributed by atoms with van der Waals surface area (Å²) in [4.78, 5) is 0. The molecule has 0 heterocycles. The average molecular weight is 428 g/mol. The van der Waals surface area contributed by atoms with E-state index in [1.807, 2.05) is 0 Å². The molecule has 0 N–H and O–H groups in total. The molecule has 154 valence electrons. The summed E-state index contributed by atoms with van der Waals surface area (Å²) in [5.74, 6) is 0. The van der Waals surface area contributed by atoms with Gasteiger partial charge in [-0.2, -0.15) is 0 Å². The topological polar surface area (TPSA) is 18.5 Å². The zero-order valence-electron chi connectivity index (χ0n) is 17.1. The number of hydrogen-bond acceptors (Lipinski definition) is 2. The lowest BCUT2D eigenvalue weighted by Gasteiger charge is -2.09. The highest BCUT2D eigenvalue weighted by molar-refractivity contribution is 8.00. The van der Waals surface area contributed by atoms with Crippen molar-refractivity contribution < 1.29 is 9.05 Å². The Morgan fingerprint density at radius 3 is 2.33 bits per heavy atom. The molecule has 2 nitrogen and oxygen atoms in total. The van der Waals surface area contributed by atoms with E-state index in [2.05, 4.69) is 93.0 Å². The summed E-state index contributed by atoms with van der Waals surface area (Å²) in [5, 5.41) is 0. The quantitative estimate of drug-likeness (QED) is 0.102. The van der Waals surface area contributed by atoms with Crippen LogP contribution in [0.15, 0.2) is 60.8 Å². The van der Waals surface area contributed by atoms with Gasteiger partial charge in [0.2, 0.25) is 0 Å². The average Bonchev–Trinajstić information content (AvgIpc) is 2.67. The molecular formula is C22H39O2P3. The predicted octanol–water partition coefficient (Wildman–Crippen LogP) is 7.87. The zero-order valence-corrected chi connectivity index (χ0v) is 20.4. The fourth-order valence-corrected chi connectivity index (χ4v) is 3.51. The van der Waals surface area contributed by atoms with Gasteiger partial charge in [-0.3, -0.25) is 0 Å². The van der Waals surface area contributed by atoms with E-state index < -0.39 is 0 Å². The van der Waals surface area contributed by atoms with Crippen molar-refractivity contribution in [2.45, 2.75) is 77.4 Å². The molecule has 0 aromatic carbocycles. The molecular weight excluding hydrogens is 389 g/mol. The first kappa shape index (κ1) is 26.9. The standard InChI is InChI=1S/C22H39O2P3/c1-3-4-5-6-7-8-9-10-11-12-16-19-22(23-25)20-17-14-13-15-18-21(2)24-27-26/h8-12,14-18,21-22,27H,3-7,13,19-20,25-26H2,1-2H3. The smallest absolute Gasteiger partial charge is 0.0771 e. The molecule has 0 saturated heterocycles. The third-order valence-electron chi connectivity index (χ3n) is 3.92. The van der Waals surface area contributed by atoms with Crippen LogP contribution in [-0.2, 0) is 9.05 Å². The van der Waals surface area contributed by atoms with Crippen LogP contribution in [0.5, 0.6) is 0 Å². The lowest BCUT2D eigenvalue weighted by molar-refractivity contribution is 0.247. The minimum Gasteiger partial charge on any atom is -0.362 e. The first-order valence-corrected chi connectivity index (χ1v) is 13.2. The highest BCUT2D eigenvalue weighted by Gasteiger charge is 2.01. The molecule has 0 bridgehead atoms. The van der Waals surface area contributed by atoms with Gasteiger partial charge in [-0.25, -0.2) is 0 Å². The summed E-state index contributed by atoms with van der Waals surface area (Å²) < 4.78 is 10.9. The van der Waals surface area contributed by atoms with Crippen molar-refractivity contribution in [1.82, 2.24) is 0 Å². The Kier molecular flexibility index (Phi) is 22.1. The van der Waals surface area contributed by atoms with E-state index in [1.165, 1.54) is 32.1 Å². The normalized spacial score (nSPS) is 15.7. The maximum Gasteiger partial charge on any atom is 0.0771 e. The molecule has 0 aromatic heterocycles. The molecule has 27 heavy (non-hydrogen) atoms. The maximum absolute atomic E-state index is 5.46. The van der Waals surface area contributed by atoms with Crippen LogP contribution in [0, 0.1) is 0 Å². The van der Waals surface area contributed by atoms with Crippen molar-refractivity contribution in [3.63, 3.8) is 0 Å². The van der Waals surface area contributed by atoms with Crippen molar-refractivity contribution in [3.05, 3.63) is 60.8 Å². The molecule has 0 radical (unpaired) electrons. The Bertz CT molecular complexity index is 456. The molecule has 0 aliphatic rings. The second-order valence-electron chi connectivity index (χ2n) is 6.40. The molecule has 0 saturated carbocycles. The SMILES string of the molecule is CCCCCCC=CC=CC=CCC(CC=CCC=CC(C)OPP)OP. The van der Waals surface area contributed by atoms with Crippen LogP contribution >= 0.6 is 26.9 Å². The number of rotatable bonds is 17. The van der Waals surface area contributed by atoms with Crippen molar-refractivity contribution >= 4 is 26.9 Å². The van der Waals surface area contributed by atoms with Gasteiger partial charge in [0.15, 0.2) is 0 Å². The first-order valence-electron chi connectivity index (χ1n) is 10.0. The van der Waals surface area contributed by atoms with Crippen LogP contribution in [0.2, 0.25) is 0 Å². The second kappa shape index (κ2) is 22.2. The third kappa shape index (κ3) is 20.5. The van der Waals surface area contributed by atoms with Gasteiger partial charge in [0.25, 0.3) is 0 Å². The summed E-state index contributed by atoms with van der Waals surface area (Å²) in [6.45, 7) is 4.30. The maximum atomic E-state index is 5.46. The Balaban J connectivity index is 3.86. The van der Waals surface area contributed by atoms with Gasteiger partial charge in [-0.05, 0) is 39.0 Å². The van der Waals surface area contributed by atoms with Gasteiger partial charge >= 0.3 is 0 Å². The van der Waals surface area contributed by atoms with E-state index in [4.69, 9.17) is 9.05 Å². The van der Waals surface area contributed by atoms with Crippen LogP contribution in [0.25, 0.3) is 0 Å². The van der Waals surface area contributed by atoms with Gasteiger partial charge in [-0.15, -0.1) is 0 Å². The highest BCUT2D eigenvalue weighted by atomic mass is 32.0. The fourth-order valence-electron chi connectivity index (χ4n) is 2.35. The molecule has 0 aliphatic carbocycles. The summed E-state index contributed by atoms with van der Waals surface area (Å²) >= 11 is 0. The van der Waals surface area contributed by atoms with E-state index in [1.54, 1.807) is 0 Å². The largest absolute Gasteiger partial charge is 0.362 e. The van der Waals surface area contributed by atoms with Crippen LogP contribution in [-0.4, -0.2) is 12.2 Å². The minimum absolute atomic E-state index is 0.187. The number of hydrogen-bond donors (Lipinski definition) is 0. The van der Waals surface area contributed by atoms with Crippen LogP contribution in [0.1, 0.15) is 65.2 Å². The molecule has 0 aromatic rings. The summed E-state index contributed by atoms with van der Waals surface area (Å²) in [6.07, 6.45) is 31.1. The summed E-state index contributed by atoms with van der Waals surface area (Å²) in [7, 11) is 5.44. The molecule has 0 spiro atoms. The molecule has 5 heteroatoms. The van der Waals surface area contributed by atoms with Crippen molar-refractivity contribution in [3.8, 4) is 0 Å². The molecule has 0 aliphatic heterocycles. The van der Waals surface area contributed by atoms with Gasteiger partial charge < -0.3 is 9.05 Å². The lowest BCUT2D eigenvalue weighted by atomic mass is 10.1. The van der Waals surface area contributed by atoms with Gasteiger partial charge in [0.05, 0.1) is 12.2 Å². The van der Waals surface area contributed by atoms with Crippen molar-refractivity contribution in [1.29, 1.82) is 0 Å². The Morgan fingerprint density at radius 1 is 0.889 bits per heavy atom. The third-order valence-corrected chi connectivity index (χ3v) is 5.22. The van der Waals surface area contributed by atoms with Crippen LogP contribution in [0.3, 0.4) is 0 Å². The Labute approximate surface area is 174 Å². The summed E-state index contributed by atoms with van der Waals surface area (Å²) in [6, 6.07) is 0. The van der Waals surface area contributed by atoms with E-state index in [-0.39, 0.29) is 12.2 Å². The van der Waals surface area contributed by atoms with E-state index in [0.717, 1.165) is 19.3 Å². The molecule has 0 amide bonds. The summed E-state index contributed by atoms with van der Waals surface area (Å²) in [5.41, 5.74) is 0. The van der Waals surface area contributed by atoms with E-state index in [9.17, 15) is 0 Å². The Hall–Kier alpha value is -0.0900. The minimum atomic E-state index is 0.187. The lowest BCUT2D eigenvalue weighted by Crippen LogP contribution is -2.03. The van der Waals surface area contributed by atoms with E-state index >= 15 is 0 Å². The highest BCUT2D eigenvalue weighted by Crippen LogP contribution is 2.23. The zero-order chi connectivity index (χ0) is 20.0. The van der Waals surface area contributed by atoms with Crippen molar-refractivity contribution in [2.24, 2.45) is 0 Å². The van der Waals surface area contributed by atoms with Crippen LogP contribution < -0.4 is 0 Å². The van der Waals surface area contributed by atoms with E-state index in [0.29, 0.717) is 8.50 Å². The van der Waals surface area contributed by atoms with Gasteiger partial charge in [-0.1, -0.05) is 95.9 Å². The van der Waals surface area contributed by atoms with Gasteiger partial charge in [0, 0.05) is 18.0 Å². The second-order valence-corrected chi connectivity index (χ2v) is 7.85. The molecule has 5 atom stereocenters. The fraction of sp³-hybridized carbons (Fsp3) is 0.545. The predicted molar refractivity (Wildman–Crippen MR) is 131 cm³/mol. The molecule has 0 fully saturated rings. The number of unbranched alkanes of at least 4 members (excludes halogenated alkanes) is 4.